The van der Waals surface area contributed by atoms with Gasteiger partial charge in [-0.05, 0) is 322 Å². The molecular weight excluding hydrogens is 1980 g/mol. The van der Waals surface area contributed by atoms with Crippen molar-refractivity contribution in [1.29, 1.82) is 5.26 Å². The van der Waals surface area contributed by atoms with Gasteiger partial charge in [0.15, 0.2) is 7.38 Å². The fourth-order valence-electron chi connectivity index (χ4n) is 20.8. The number of nitrogen functional groups attached to an aromatic ring is 2. The molecule has 0 unspecified atom stereocenters. The minimum atomic E-state index is -1.39. The first kappa shape index (κ1) is 121. The number of ether oxygens (including phenoxy) is 5. The Morgan fingerprint density at radius 1 is 0.479 bits per heavy atom. The Morgan fingerprint density at radius 3 is 1.02 bits per heavy atom. The molecule has 0 bridgehead atoms. The molecule has 10 fully saturated rings. The first-order valence-electron chi connectivity index (χ1n) is 50.6. The second kappa shape index (κ2) is 48.8. The van der Waals surface area contributed by atoms with E-state index in [4.69, 9.17) is 56.6 Å². The number of anilines is 6. The number of amides is 5. The molecule has 797 valence electrons. The van der Waals surface area contributed by atoms with Crippen molar-refractivity contribution >= 4 is 142 Å². The minimum Gasteiger partial charge on any atom is -1.00 e. The monoisotopic (exact) mass is 2130 g/mol. The molecule has 16 rings (SSSR count). The largest absolute Gasteiger partial charge is 1.00 e. The zero-order valence-corrected chi connectivity index (χ0v) is 95.8. The van der Waals surface area contributed by atoms with E-state index in [0.717, 1.165) is 170 Å². The van der Waals surface area contributed by atoms with Gasteiger partial charge in [0.1, 0.15) is 56.3 Å². The van der Waals surface area contributed by atoms with Crippen LogP contribution in [0.4, 0.5) is 75.4 Å². The van der Waals surface area contributed by atoms with Crippen LogP contribution in [0.15, 0.2) is 91.0 Å². The Bertz CT molecular complexity index is 5490. The number of nitrogens with zero attached hydrogens (tertiary/aromatic N) is 11. The number of fused-ring (bicyclic) bond motifs is 1. The van der Waals surface area contributed by atoms with E-state index in [2.05, 4.69) is 131 Å². The second-order valence-corrected chi connectivity index (χ2v) is 55.4. The molecule has 40 heteroatoms. The molecule has 146 heavy (non-hydrogen) atoms. The van der Waals surface area contributed by atoms with Gasteiger partial charge in [0, 0.05) is 144 Å². The molecule has 6 heterocycles. The summed E-state index contributed by atoms with van der Waals surface area (Å²) < 4.78 is 29.6. The summed E-state index contributed by atoms with van der Waals surface area (Å²) in [5.41, 5.74) is 20.5. The van der Waals surface area contributed by atoms with Crippen LogP contribution in [0, 0.1) is 67.7 Å². The number of nitrogens with two attached hydrogens (primary N) is 2. The van der Waals surface area contributed by atoms with Crippen molar-refractivity contribution in [3.8, 4) is 4.98 Å². The van der Waals surface area contributed by atoms with Crippen LogP contribution in [0.1, 0.15) is 282 Å². The Kier molecular flexibility index (Phi) is 40.5. The van der Waals surface area contributed by atoms with Crippen molar-refractivity contribution in [2.24, 2.45) is 27.1 Å². The molecule has 6 aromatic rings. The molecule has 5 amide bonds. The van der Waals surface area contributed by atoms with Crippen molar-refractivity contribution in [2.45, 2.75) is 344 Å². The molecule has 5 saturated carbocycles. The van der Waals surface area contributed by atoms with Crippen LogP contribution in [0.5, 0.6) is 0 Å². The van der Waals surface area contributed by atoms with Gasteiger partial charge in [-0.1, -0.05) is 78.9 Å². The standard InChI is InChI=1S/C21H30N4O2.C20H29N3O4.C20H31N3O2.C19H27N3O5.C19H25N3O5.C6H15ClSi.CBrN.B.Na.H/c1-5-14-6-7-17-16(10-14)23-18(22)25(17)15-11-21(12-15)8-9-24(13-21)19(26)27-20(2,3)4;1-5-14-6-7-16(17(10-14)23(25)26)21-15-11-20(12-15)8-9-22(13-20)18(24)27-19(2,3)4;1-5-14-6-7-17(16(21)10-14)22-15-11-20(12-15)8-9-23(13-20)18(24)25-19(2,3)4;2*1-18(2,3)27-17(24)21-7-6-19(12-21)9-14(10-19)20-15-5-4-13(11-23)8-16(15)22(25)26;1-6(2,3)8(4,5)7;2-1-3;;;/h6-7,10,15H,5,8-9,11-13H2,1-4H3,(H2,22,23);6-7,10,15,21H,5,8-9,11-13H2,1-4H3;6-7,10,15,22H,5,8-9,11-13,21H2,1-4H3;4-5,8,14,20,23H,6-7,9-12H2,1-3H3;4-5,8,11,14,20H,6-7,9-10,12H2,1-3H3;1-5H3;;;;/q;;;;;;;;+1;-1. The quantitative estimate of drug-likeness (QED) is 0.00848. The number of nitro groups is 3. The number of carbonyl (C=O) groups is 6. The van der Waals surface area contributed by atoms with Gasteiger partial charge >= 0.3 is 60.0 Å². The van der Waals surface area contributed by atoms with Crippen LogP contribution in [-0.4, -0.2) is 224 Å². The van der Waals surface area contributed by atoms with Crippen LogP contribution >= 0.6 is 27.0 Å². The maximum absolute atomic E-state index is 12.4. The number of rotatable bonds is 17. The molecule has 5 aliphatic heterocycles. The number of imidazole rings is 1. The van der Waals surface area contributed by atoms with Gasteiger partial charge in [0.25, 0.3) is 17.1 Å². The first-order valence-corrected chi connectivity index (χ1v) is 55.4. The van der Waals surface area contributed by atoms with Gasteiger partial charge < -0.3 is 92.0 Å². The van der Waals surface area contributed by atoms with Gasteiger partial charge in [-0.3, -0.25) is 35.1 Å². The SMILES string of the molecule is CC(C)(C)OC(=O)N1CCC2(CC(Nc3ccc(C=O)cc3[N+](=O)[O-])C2)C1.CC(C)(C)OC(=O)N1CCC2(CC(Nc3ccc(CO)cc3[N+](=O)[O-])C2)C1.CC(C)(C)[Si](C)(C)Cl.CCc1ccc(NC2CC3(CCN(C(=O)OC(C)(C)C)C3)C2)c(N)c1.CCc1ccc(NC2CC3(CCN(C(=O)OC(C)(C)C)C3)C2)c([N+](=O)[O-])c1.CCc1ccc2c(c1)nc(N)n2C1CC2(CCN(C(=O)OC(C)(C)C)C2)C1.N#CBr.[B].[H-].[Na+]. The van der Waals surface area contributed by atoms with E-state index in [1.165, 1.54) is 23.3 Å². The number of aldehydes is 1. The molecule has 5 spiro atoms. The van der Waals surface area contributed by atoms with E-state index in [-0.39, 0.29) is 149 Å². The van der Waals surface area contributed by atoms with Crippen molar-refractivity contribution in [3.05, 3.63) is 149 Å². The summed E-state index contributed by atoms with van der Waals surface area (Å²) in [5, 5.41) is 64.0. The topological polar surface area (TPSA) is 456 Å². The fraction of sp³-hybridized carbons (Fsp3) is 0.642. The third-order valence-electron chi connectivity index (χ3n) is 29.0. The number of aliphatic hydroxyl groups is 1. The second-order valence-electron chi connectivity index (χ2n) is 47.8. The Balaban J connectivity index is 0.000000241. The Labute approximate surface area is 901 Å². The summed E-state index contributed by atoms with van der Waals surface area (Å²) in [4.78, 5) is 120. The number of nitro benzene ring substituents is 3. The van der Waals surface area contributed by atoms with Gasteiger partial charge in [-0.25, -0.2) is 29.0 Å². The molecule has 1 aromatic heterocycles. The fourth-order valence-corrected chi connectivity index (χ4v) is 20.8. The molecule has 10 aliphatic rings. The number of nitriles is 1. The van der Waals surface area contributed by atoms with E-state index >= 15 is 0 Å². The summed E-state index contributed by atoms with van der Waals surface area (Å²) in [6.07, 6.45) is 16.6. The summed E-state index contributed by atoms with van der Waals surface area (Å²) in [6, 6.07) is 28.5. The van der Waals surface area contributed by atoms with Gasteiger partial charge in [0.2, 0.25) is 5.95 Å². The van der Waals surface area contributed by atoms with E-state index in [1.54, 1.807) is 50.0 Å². The van der Waals surface area contributed by atoms with E-state index in [0.29, 0.717) is 91.3 Å². The predicted octanol–water partition coefficient (Wildman–Crippen LogP) is 20.3. The number of halogens is 2. The third kappa shape index (κ3) is 33.0. The number of aromatic nitrogens is 2. The number of benzene rings is 5. The normalized spacial score (nSPS) is 23.5. The number of nitrogens with one attached hydrogen (secondary N) is 4. The molecule has 3 radical (unpaired) electrons. The number of hydrogen-bond donors (Lipinski definition) is 7. The Hall–Kier alpha value is -9.91. The van der Waals surface area contributed by atoms with Crippen LogP contribution in [0.2, 0.25) is 18.1 Å². The van der Waals surface area contributed by atoms with Crippen LogP contribution in [0.25, 0.3) is 11.0 Å². The molecular formula is C106H158BBrClN17NaO18Si. The first-order chi connectivity index (χ1) is 66.9. The van der Waals surface area contributed by atoms with E-state index < -0.39 is 45.2 Å². The van der Waals surface area contributed by atoms with Crippen molar-refractivity contribution in [3.63, 3.8) is 0 Å². The number of hydrogen-bond acceptors (Lipinski definition) is 26. The van der Waals surface area contributed by atoms with Gasteiger partial charge in [-0.2, -0.15) is 16.3 Å². The number of aryl methyl sites for hydroxylation is 3. The smallest absolute Gasteiger partial charge is 1.00 e. The van der Waals surface area contributed by atoms with Gasteiger partial charge in [-0.15, -0.1) is 0 Å². The van der Waals surface area contributed by atoms with Crippen LogP contribution in [0.3, 0.4) is 0 Å². The van der Waals surface area contributed by atoms with Crippen LogP contribution in [-0.2, 0) is 49.6 Å². The van der Waals surface area contributed by atoms with E-state index in [9.17, 15) is 59.1 Å². The molecule has 9 N–H and O–H groups in total. The maximum atomic E-state index is 12.4. The summed E-state index contributed by atoms with van der Waals surface area (Å²) in [6.45, 7) is 52.5. The van der Waals surface area contributed by atoms with Crippen molar-refractivity contribution < 1.29 is 103 Å². The third-order valence-corrected chi connectivity index (χ3v) is 34.3. The average Bonchev–Trinajstić information content (AvgIpc) is 1.57. The number of aliphatic hydroxyl groups excluding tert-OH is 1. The molecule has 5 saturated heterocycles. The maximum Gasteiger partial charge on any atom is 1.00 e. The zero-order valence-electron chi connectivity index (χ0n) is 91.4. The molecule has 5 aliphatic carbocycles. The number of carbonyl (C=O) groups excluding carboxylic acids is 6. The zero-order chi connectivity index (χ0) is 107. The summed E-state index contributed by atoms with van der Waals surface area (Å²) in [7, 11) is -1.39. The Morgan fingerprint density at radius 2 is 0.740 bits per heavy atom. The minimum absolute atomic E-state index is 0. The van der Waals surface area contributed by atoms with Crippen molar-refractivity contribution in [2.75, 3.05) is 98.2 Å². The average molecular weight is 2140 g/mol. The predicted molar refractivity (Wildman–Crippen MR) is 577 cm³/mol. The molecule has 5 aromatic carbocycles. The summed E-state index contributed by atoms with van der Waals surface area (Å²) in [5.74, 6) is 0.597. The summed E-state index contributed by atoms with van der Waals surface area (Å²) >= 11 is 8.60. The van der Waals surface area contributed by atoms with Gasteiger partial charge in [0.05, 0.1) is 43.8 Å². The van der Waals surface area contributed by atoms with Crippen LogP contribution < -0.4 is 62.3 Å². The van der Waals surface area contributed by atoms with E-state index in [1.807, 2.05) is 133 Å². The molecule has 35 nitrogen and oxygen atoms in total. The van der Waals surface area contributed by atoms with Crippen molar-refractivity contribution in [1.82, 2.24) is 34.1 Å². The molecule has 0 atom stereocenters. The number of likely N-dealkylation sites (tertiary alicyclic amines) is 5.